The Hall–Kier alpha value is -1.23. The van der Waals surface area contributed by atoms with E-state index in [0.717, 1.165) is 25.1 Å². The SMILES string of the molecule is CCCCN(c1cccc(S(C)(=O)=O)c1N)C1CC1. The first-order chi connectivity index (χ1) is 8.95. The maximum Gasteiger partial charge on any atom is 0.177 e. The second-order valence-electron chi connectivity index (χ2n) is 5.24. The van der Waals surface area contributed by atoms with Gasteiger partial charge in [0.05, 0.1) is 16.3 Å². The average molecular weight is 282 g/mol. The predicted octanol–water partition coefficient (Wildman–Crippen LogP) is 2.44. The molecule has 106 valence electrons. The first-order valence-corrected chi connectivity index (χ1v) is 8.69. The Kier molecular flexibility index (Phi) is 4.04. The smallest absolute Gasteiger partial charge is 0.177 e. The Morgan fingerprint density at radius 3 is 2.58 bits per heavy atom. The number of nitrogen functional groups attached to an aromatic ring is 1. The summed E-state index contributed by atoms with van der Waals surface area (Å²) in [6.45, 7) is 3.10. The molecule has 0 aliphatic heterocycles. The van der Waals surface area contributed by atoms with E-state index in [1.54, 1.807) is 12.1 Å². The van der Waals surface area contributed by atoms with Gasteiger partial charge < -0.3 is 10.6 Å². The Labute approximate surface area is 115 Å². The van der Waals surface area contributed by atoms with E-state index in [2.05, 4.69) is 11.8 Å². The molecule has 0 unspecified atom stereocenters. The van der Waals surface area contributed by atoms with Crippen LogP contribution in [0.4, 0.5) is 11.4 Å². The van der Waals surface area contributed by atoms with Crippen LogP contribution in [-0.4, -0.2) is 27.3 Å². The highest BCUT2D eigenvalue weighted by Crippen LogP contribution is 2.37. The van der Waals surface area contributed by atoms with Crippen molar-refractivity contribution in [2.45, 2.75) is 43.5 Å². The lowest BCUT2D eigenvalue weighted by molar-refractivity contribution is 0.602. The molecule has 0 atom stereocenters. The number of sulfone groups is 1. The van der Waals surface area contributed by atoms with E-state index in [9.17, 15) is 8.42 Å². The molecule has 2 rings (SSSR count). The number of hydrogen-bond acceptors (Lipinski definition) is 4. The Morgan fingerprint density at radius 2 is 2.05 bits per heavy atom. The number of unbranched alkanes of at least 4 members (excludes halogenated alkanes) is 1. The predicted molar refractivity (Wildman–Crippen MR) is 79.2 cm³/mol. The number of benzene rings is 1. The maximum absolute atomic E-state index is 11.7. The normalized spacial score (nSPS) is 15.5. The van der Waals surface area contributed by atoms with Gasteiger partial charge in [-0.05, 0) is 31.4 Å². The largest absolute Gasteiger partial charge is 0.396 e. The number of nitrogens with zero attached hydrogens (tertiary/aromatic N) is 1. The molecule has 0 saturated heterocycles. The van der Waals surface area contributed by atoms with E-state index in [4.69, 9.17) is 5.73 Å². The summed E-state index contributed by atoms with van der Waals surface area (Å²) >= 11 is 0. The summed E-state index contributed by atoms with van der Waals surface area (Å²) in [5.74, 6) is 0. The van der Waals surface area contributed by atoms with E-state index in [-0.39, 0.29) is 4.90 Å². The highest BCUT2D eigenvalue weighted by Gasteiger charge is 2.30. The highest BCUT2D eigenvalue weighted by molar-refractivity contribution is 7.90. The van der Waals surface area contributed by atoms with Gasteiger partial charge in [-0.15, -0.1) is 0 Å². The Morgan fingerprint density at radius 1 is 1.37 bits per heavy atom. The van der Waals surface area contributed by atoms with Gasteiger partial charge in [-0.2, -0.15) is 0 Å². The van der Waals surface area contributed by atoms with E-state index >= 15 is 0 Å². The molecule has 19 heavy (non-hydrogen) atoms. The minimum absolute atomic E-state index is 0.243. The maximum atomic E-state index is 11.7. The summed E-state index contributed by atoms with van der Waals surface area (Å²) in [5, 5.41) is 0. The molecule has 1 saturated carbocycles. The standard InChI is InChI=1S/C14H22N2O2S/c1-3-4-10-16(11-8-9-11)12-6-5-7-13(14(12)15)19(2,17)18/h5-7,11H,3-4,8-10,15H2,1-2H3. The van der Waals surface area contributed by atoms with Crippen LogP contribution in [0.3, 0.4) is 0 Å². The first kappa shape index (κ1) is 14.2. The van der Waals surface area contributed by atoms with Crippen molar-refractivity contribution in [3.63, 3.8) is 0 Å². The van der Waals surface area contributed by atoms with Gasteiger partial charge >= 0.3 is 0 Å². The van der Waals surface area contributed by atoms with Crippen molar-refractivity contribution in [2.75, 3.05) is 23.4 Å². The molecule has 1 aromatic rings. The van der Waals surface area contributed by atoms with Gasteiger partial charge in [0.15, 0.2) is 9.84 Å². The minimum atomic E-state index is -3.27. The molecular weight excluding hydrogens is 260 g/mol. The quantitative estimate of drug-likeness (QED) is 0.814. The zero-order valence-corrected chi connectivity index (χ0v) is 12.4. The van der Waals surface area contributed by atoms with Crippen molar-refractivity contribution in [2.24, 2.45) is 0 Å². The molecule has 1 fully saturated rings. The van der Waals surface area contributed by atoms with E-state index < -0.39 is 9.84 Å². The summed E-state index contributed by atoms with van der Waals surface area (Å²) in [4.78, 5) is 2.51. The third-order valence-electron chi connectivity index (χ3n) is 3.49. The fourth-order valence-electron chi connectivity index (χ4n) is 2.32. The topological polar surface area (TPSA) is 63.4 Å². The number of anilines is 2. The number of nitrogens with two attached hydrogens (primary N) is 1. The zero-order chi connectivity index (χ0) is 14.0. The lowest BCUT2D eigenvalue weighted by atomic mass is 10.2. The fraction of sp³-hybridized carbons (Fsp3) is 0.571. The van der Waals surface area contributed by atoms with Gasteiger partial charge in [0.1, 0.15) is 0 Å². The van der Waals surface area contributed by atoms with Gasteiger partial charge in [-0.1, -0.05) is 19.4 Å². The van der Waals surface area contributed by atoms with Crippen molar-refractivity contribution < 1.29 is 8.42 Å². The van der Waals surface area contributed by atoms with Crippen molar-refractivity contribution in [3.05, 3.63) is 18.2 Å². The van der Waals surface area contributed by atoms with Crippen LogP contribution in [0.2, 0.25) is 0 Å². The number of hydrogen-bond donors (Lipinski definition) is 1. The fourth-order valence-corrected chi connectivity index (χ4v) is 3.15. The summed E-state index contributed by atoms with van der Waals surface area (Å²) in [6.07, 6.45) is 5.77. The van der Waals surface area contributed by atoms with Crippen LogP contribution >= 0.6 is 0 Å². The first-order valence-electron chi connectivity index (χ1n) is 6.80. The molecule has 4 nitrogen and oxygen atoms in total. The van der Waals surface area contributed by atoms with E-state index in [0.29, 0.717) is 11.7 Å². The lowest BCUT2D eigenvalue weighted by Gasteiger charge is -2.26. The molecule has 0 radical (unpaired) electrons. The van der Waals surface area contributed by atoms with E-state index in [1.165, 1.54) is 19.1 Å². The molecule has 1 aliphatic carbocycles. The van der Waals surface area contributed by atoms with Crippen LogP contribution in [0, 0.1) is 0 Å². The molecular formula is C14H22N2O2S. The molecule has 0 spiro atoms. The minimum Gasteiger partial charge on any atom is -0.396 e. The highest BCUT2D eigenvalue weighted by atomic mass is 32.2. The summed E-state index contributed by atoms with van der Waals surface area (Å²) in [7, 11) is -3.27. The molecule has 2 N–H and O–H groups in total. The van der Waals surface area contributed by atoms with Gasteiger partial charge in [0.25, 0.3) is 0 Å². The summed E-state index contributed by atoms with van der Waals surface area (Å²) in [5.41, 5.74) is 7.36. The molecule has 0 aromatic heterocycles. The molecule has 1 aromatic carbocycles. The average Bonchev–Trinajstić information content (AvgIpc) is 3.14. The Balaban J connectivity index is 2.37. The zero-order valence-electron chi connectivity index (χ0n) is 11.6. The van der Waals surface area contributed by atoms with Crippen LogP contribution in [0.25, 0.3) is 0 Å². The van der Waals surface area contributed by atoms with Crippen LogP contribution < -0.4 is 10.6 Å². The van der Waals surface area contributed by atoms with Crippen LogP contribution in [0.15, 0.2) is 23.1 Å². The lowest BCUT2D eigenvalue weighted by Crippen LogP contribution is -2.28. The summed E-state index contributed by atoms with van der Waals surface area (Å²) in [6, 6.07) is 5.82. The summed E-state index contributed by atoms with van der Waals surface area (Å²) < 4.78 is 23.5. The number of rotatable bonds is 6. The second-order valence-corrected chi connectivity index (χ2v) is 7.22. The van der Waals surface area contributed by atoms with Crippen molar-refractivity contribution >= 4 is 21.2 Å². The van der Waals surface area contributed by atoms with Crippen molar-refractivity contribution in [1.82, 2.24) is 0 Å². The van der Waals surface area contributed by atoms with Gasteiger partial charge in [0, 0.05) is 18.8 Å². The third kappa shape index (κ3) is 3.21. The molecule has 0 amide bonds. The van der Waals surface area contributed by atoms with Crippen LogP contribution in [0.5, 0.6) is 0 Å². The van der Waals surface area contributed by atoms with Gasteiger partial charge in [-0.3, -0.25) is 0 Å². The van der Waals surface area contributed by atoms with Crippen molar-refractivity contribution in [3.8, 4) is 0 Å². The van der Waals surface area contributed by atoms with Crippen molar-refractivity contribution in [1.29, 1.82) is 0 Å². The number of para-hydroxylation sites is 1. The Bertz CT molecular complexity index is 551. The molecule has 0 bridgehead atoms. The molecule has 5 heteroatoms. The van der Waals surface area contributed by atoms with E-state index in [1.807, 2.05) is 6.07 Å². The van der Waals surface area contributed by atoms with Crippen LogP contribution in [-0.2, 0) is 9.84 Å². The third-order valence-corrected chi connectivity index (χ3v) is 4.65. The molecule has 0 heterocycles. The van der Waals surface area contributed by atoms with Crippen LogP contribution in [0.1, 0.15) is 32.6 Å². The molecule has 1 aliphatic rings. The second kappa shape index (κ2) is 5.41. The monoisotopic (exact) mass is 282 g/mol. The van der Waals surface area contributed by atoms with Gasteiger partial charge in [0.2, 0.25) is 0 Å². The van der Waals surface area contributed by atoms with Gasteiger partial charge in [-0.25, -0.2) is 8.42 Å².